The van der Waals surface area contributed by atoms with Crippen LogP contribution < -0.4 is 10.1 Å². The van der Waals surface area contributed by atoms with Crippen LogP contribution >= 0.6 is 11.5 Å². The topological polar surface area (TPSA) is 97.5 Å². The van der Waals surface area contributed by atoms with E-state index in [0.717, 1.165) is 23.7 Å². The monoisotopic (exact) mass is 463 g/mol. The zero-order chi connectivity index (χ0) is 22.8. The van der Waals surface area contributed by atoms with E-state index in [1.807, 2.05) is 0 Å². The van der Waals surface area contributed by atoms with Crippen LogP contribution in [0.5, 0.6) is 5.75 Å². The van der Waals surface area contributed by atoms with Gasteiger partial charge in [0.05, 0.1) is 11.7 Å². The van der Waals surface area contributed by atoms with Gasteiger partial charge >= 0.3 is 12.8 Å². The highest BCUT2D eigenvalue weighted by Gasteiger charge is 2.40. The summed E-state index contributed by atoms with van der Waals surface area (Å²) in [5.74, 6) is -3.15. The summed E-state index contributed by atoms with van der Waals surface area (Å²) in [6, 6.07) is 5.69. The molecule has 13 heteroatoms. The molecule has 2 aromatic heterocycles. The van der Waals surface area contributed by atoms with Crippen LogP contribution in [0, 0.1) is 0 Å². The highest BCUT2D eigenvalue weighted by atomic mass is 32.1. The van der Waals surface area contributed by atoms with Crippen molar-refractivity contribution in [1.29, 1.82) is 0 Å². The van der Waals surface area contributed by atoms with Crippen molar-refractivity contribution >= 4 is 22.6 Å². The molecule has 1 aromatic carbocycles. The summed E-state index contributed by atoms with van der Waals surface area (Å²) in [5, 5.41) is 11.5. The van der Waals surface area contributed by atoms with Crippen LogP contribution in [0.25, 0.3) is 11.3 Å². The van der Waals surface area contributed by atoms with Crippen molar-refractivity contribution in [2.24, 2.45) is 0 Å². The van der Waals surface area contributed by atoms with E-state index in [2.05, 4.69) is 19.4 Å². The number of alkyl halides is 5. The van der Waals surface area contributed by atoms with Crippen LogP contribution in [0.4, 0.5) is 27.1 Å². The van der Waals surface area contributed by atoms with E-state index in [4.69, 9.17) is 4.42 Å². The second kappa shape index (κ2) is 8.98. The van der Waals surface area contributed by atoms with Crippen molar-refractivity contribution in [1.82, 2.24) is 9.36 Å². The van der Waals surface area contributed by atoms with Gasteiger partial charge in [-0.05, 0) is 25.1 Å². The normalized spacial score (nSPS) is 12.8. The smallest absolute Gasteiger partial charge is 0.450 e. The number of aromatic nitrogens is 2. The molecule has 3 aromatic rings. The summed E-state index contributed by atoms with van der Waals surface area (Å²) in [4.78, 5) is 16.4. The number of aliphatic hydroxyl groups excluding tert-OH is 1. The lowest BCUT2D eigenvalue weighted by atomic mass is 10.1. The molecule has 0 saturated carbocycles. The Morgan fingerprint density at radius 1 is 1.32 bits per heavy atom. The number of carbonyl (C=O) groups is 1. The summed E-state index contributed by atoms with van der Waals surface area (Å²) in [6.07, 6.45) is -5.63. The number of hydrogen-bond donors (Lipinski definition) is 2. The predicted octanol–water partition coefficient (Wildman–Crippen LogP) is 4.59. The zero-order valence-electron chi connectivity index (χ0n) is 15.6. The molecule has 0 saturated heterocycles. The Bertz CT molecular complexity index is 1060. The Morgan fingerprint density at radius 3 is 2.71 bits per heavy atom. The van der Waals surface area contributed by atoms with Gasteiger partial charge in [-0.15, -0.1) is 0 Å². The molecule has 0 aliphatic rings. The number of carbonyl (C=O) groups excluding carboxylic acids is 1. The number of benzene rings is 1. The van der Waals surface area contributed by atoms with Gasteiger partial charge in [-0.1, -0.05) is 12.1 Å². The molecule has 1 unspecified atom stereocenters. The van der Waals surface area contributed by atoms with E-state index in [1.54, 1.807) is 0 Å². The Kier molecular flexibility index (Phi) is 6.55. The first-order valence-corrected chi connectivity index (χ1v) is 9.38. The van der Waals surface area contributed by atoms with Crippen molar-refractivity contribution in [3.05, 3.63) is 47.5 Å². The van der Waals surface area contributed by atoms with Crippen molar-refractivity contribution in [2.45, 2.75) is 32.2 Å². The number of amides is 1. The lowest BCUT2D eigenvalue weighted by molar-refractivity contribution is -0.153. The molecule has 0 bridgehead atoms. The van der Waals surface area contributed by atoms with E-state index in [0.29, 0.717) is 0 Å². The lowest BCUT2D eigenvalue weighted by Gasteiger charge is -2.06. The number of rotatable bonds is 7. The van der Waals surface area contributed by atoms with Gasteiger partial charge in [0.25, 0.3) is 5.91 Å². The minimum Gasteiger partial charge on any atom is -0.451 e. The van der Waals surface area contributed by atoms with E-state index in [-0.39, 0.29) is 34.4 Å². The van der Waals surface area contributed by atoms with Gasteiger partial charge in [-0.2, -0.15) is 26.3 Å². The fourth-order valence-electron chi connectivity index (χ4n) is 2.55. The number of halogens is 5. The molecular formula is C18H14F5N3O4S. The first-order valence-electron chi connectivity index (χ1n) is 8.61. The van der Waals surface area contributed by atoms with E-state index in [9.17, 15) is 31.9 Å². The molecule has 0 spiro atoms. The number of nitrogens with zero attached hydrogens (tertiary/aromatic N) is 2. The summed E-state index contributed by atoms with van der Waals surface area (Å²) in [7, 11) is 0. The minimum atomic E-state index is -5.00. The standard InChI is InChI=1S/C18H14F5N3O4S/c1-8(27)5-13-24-17(31-26-13)25-15(28)11-7-12(30-14(11)18(21,22)23)9-3-2-4-10(6-9)29-16(19)20/h2-4,6-8,16,27H,5H2,1H3,(H,24,25,26,28). The van der Waals surface area contributed by atoms with Gasteiger partial charge in [0.15, 0.2) is 0 Å². The summed E-state index contributed by atoms with van der Waals surface area (Å²) in [6.45, 7) is -1.62. The summed E-state index contributed by atoms with van der Waals surface area (Å²) < 4.78 is 78.0. The molecule has 1 amide bonds. The maximum absolute atomic E-state index is 13.4. The molecule has 0 fully saturated rings. The number of aliphatic hydroxyl groups is 1. The number of furan rings is 1. The van der Waals surface area contributed by atoms with Gasteiger partial charge in [-0.25, -0.2) is 4.98 Å². The lowest BCUT2D eigenvalue weighted by Crippen LogP contribution is -2.17. The highest BCUT2D eigenvalue weighted by Crippen LogP contribution is 2.38. The first-order chi connectivity index (χ1) is 14.5. The minimum absolute atomic E-state index is 0.00200. The number of anilines is 1. The van der Waals surface area contributed by atoms with Gasteiger partial charge in [-0.3, -0.25) is 10.1 Å². The molecule has 7 nitrogen and oxygen atoms in total. The van der Waals surface area contributed by atoms with Crippen LogP contribution in [-0.2, 0) is 12.6 Å². The third-order valence-corrected chi connectivity index (χ3v) is 4.41. The van der Waals surface area contributed by atoms with Gasteiger partial charge in [0.2, 0.25) is 10.9 Å². The Hall–Kier alpha value is -3.06. The second-order valence-electron chi connectivity index (χ2n) is 6.28. The number of nitrogens with one attached hydrogen (secondary N) is 1. The molecule has 31 heavy (non-hydrogen) atoms. The maximum atomic E-state index is 13.4. The Balaban J connectivity index is 1.90. The fourth-order valence-corrected chi connectivity index (χ4v) is 3.15. The van der Waals surface area contributed by atoms with Crippen LogP contribution in [-0.4, -0.2) is 33.1 Å². The maximum Gasteiger partial charge on any atom is 0.450 e. The molecule has 0 radical (unpaired) electrons. The predicted molar refractivity (Wildman–Crippen MR) is 99.0 cm³/mol. The molecular weight excluding hydrogens is 449 g/mol. The quantitative estimate of drug-likeness (QED) is 0.498. The third-order valence-electron chi connectivity index (χ3n) is 3.74. The molecule has 0 aliphatic carbocycles. The van der Waals surface area contributed by atoms with Crippen LogP contribution in [0.15, 0.2) is 34.7 Å². The Labute approximate surface area is 175 Å². The molecule has 3 rings (SSSR count). The largest absolute Gasteiger partial charge is 0.451 e. The SMILES string of the molecule is CC(O)Cc1nsc(NC(=O)c2cc(-c3cccc(OC(F)F)c3)oc2C(F)(F)F)n1. The first kappa shape index (κ1) is 22.6. The average molecular weight is 463 g/mol. The van der Waals surface area contributed by atoms with Crippen LogP contribution in [0.1, 0.15) is 28.9 Å². The average Bonchev–Trinajstić information content (AvgIpc) is 3.28. The molecule has 166 valence electrons. The van der Waals surface area contributed by atoms with Gasteiger partial charge in [0, 0.05) is 23.5 Å². The second-order valence-corrected chi connectivity index (χ2v) is 7.03. The van der Waals surface area contributed by atoms with Crippen molar-refractivity contribution in [3.8, 4) is 17.1 Å². The zero-order valence-corrected chi connectivity index (χ0v) is 16.4. The fraction of sp³-hybridized carbons (Fsp3) is 0.278. The molecule has 2 N–H and O–H groups in total. The molecule has 1 atom stereocenters. The van der Waals surface area contributed by atoms with Gasteiger partial charge in [0.1, 0.15) is 17.3 Å². The van der Waals surface area contributed by atoms with Crippen molar-refractivity contribution < 1.29 is 41.0 Å². The van der Waals surface area contributed by atoms with Crippen molar-refractivity contribution in [2.75, 3.05) is 5.32 Å². The summed E-state index contributed by atoms with van der Waals surface area (Å²) >= 11 is 0.735. The van der Waals surface area contributed by atoms with Crippen LogP contribution in [0.2, 0.25) is 0 Å². The molecule has 2 heterocycles. The van der Waals surface area contributed by atoms with E-state index >= 15 is 0 Å². The van der Waals surface area contributed by atoms with Crippen molar-refractivity contribution in [3.63, 3.8) is 0 Å². The highest BCUT2D eigenvalue weighted by molar-refractivity contribution is 7.09. The molecule has 0 aliphatic heterocycles. The number of ether oxygens (including phenoxy) is 1. The number of hydrogen-bond acceptors (Lipinski definition) is 7. The van der Waals surface area contributed by atoms with E-state index < -0.39 is 36.1 Å². The van der Waals surface area contributed by atoms with Crippen LogP contribution in [0.3, 0.4) is 0 Å². The van der Waals surface area contributed by atoms with Gasteiger partial charge < -0.3 is 14.3 Å². The third kappa shape index (κ3) is 5.76. The van der Waals surface area contributed by atoms with E-state index in [1.165, 1.54) is 25.1 Å². The summed E-state index contributed by atoms with van der Waals surface area (Å²) in [5.41, 5.74) is -0.826. The Morgan fingerprint density at radius 2 is 2.06 bits per heavy atom.